The lowest BCUT2D eigenvalue weighted by atomic mass is 9.33. The third-order valence-electron chi connectivity index (χ3n) is 17.1. The smallest absolute Gasteiger partial charge is 0.335 e. The molecule has 14 nitrogen and oxygen atoms in total. The van der Waals surface area contributed by atoms with Crippen LogP contribution in [0.5, 0.6) is 0 Å². The number of carbonyl (C=O) groups is 3. The molecule has 5 aliphatic carbocycles. The molecule has 18 atom stereocenters. The molecule has 0 aromatic heterocycles. The normalized spacial score (nSPS) is 49.5. The second kappa shape index (κ2) is 15.1. The minimum absolute atomic E-state index is 0.0788. The molecule has 1 heterocycles. The van der Waals surface area contributed by atoms with Gasteiger partial charge in [-0.15, -0.1) is 0 Å². The molecule has 5 fully saturated rings. The molecule has 1 aliphatic heterocycles. The van der Waals surface area contributed by atoms with Gasteiger partial charge in [-0.3, -0.25) is 9.59 Å². The summed E-state index contributed by atoms with van der Waals surface area (Å²) >= 11 is 0. The average molecular weight is 809 g/mol. The van der Waals surface area contributed by atoms with Crippen molar-refractivity contribution in [2.24, 2.45) is 56.2 Å². The quantitative estimate of drug-likeness (QED) is 0.101. The summed E-state index contributed by atoms with van der Waals surface area (Å²) in [6.45, 7) is 17.2. The van der Waals surface area contributed by atoms with Crippen LogP contribution in [0.3, 0.4) is 0 Å². The molecule has 6 aliphatic rings. The largest absolute Gasteiger partial charge is 0.479 e. The third kappa shape index (κ3) is 6.53. The molecule has 0 bridgehead atoms. The maximum Gasteiger partial charge on any atom is 0.335 e. The van der Waals surface area contributed by atoms with Gasteiger partial charge in [-0.1, -0.05) is 67.0 Å². The van der Waals surface area contributed by atoms with Crippen molar-refractivity contribution < 1.29 is 69.1 Å². The number of aliphatic hydroxyl groups excluding tert-OH is 6. The Kier molecular flexibility index (Phi) is 11.7. The number of aliphatic carboxylic acids is 1. The highest BCUT2D eigenvalue weighted by Gasteiger charge is 2.73. The Morgan fingerprint density at radius 1 is 0.930 bits per heavy atom. The van der Waals surface area contributed by atoms with Gasteiger partial charge in [0.2, 0.25) is 0 Å². The fourth-order valence-corrected chi connectivity index (χ4v) is 13.3. The lowest BCUT2D eigenvalue weighted by Gasteiger charge is -2.72. The zero-order chi connectivity index (χ0) is 42.4. The number of hydrogen-bond donors (Lipinski definition) is 7. The van der Waals surface area contributed by atoms with Crippen molar-refractivity contribution in [1.82, 2.24) is 0 Å². The van der Waals surface area contributed by atoms with Crippen molar-refractivity contribution >= 4 is 17.9 Å². The van der Waals surface area contributed by atoms with Crippen molar-refractivity contribution in [2.45, 2.75) is 169 Å². The Morgan fingerprint density at radius 2 is 1.60 bits per heavy atom. The minimum Gasteiger partial charge on any atom is -0.479 e. The zero-order valence-electron chi connectivity index (χ0n) is 35.1. The van der Waals surface area contributed by atoms with Crippen molar-refractivity contribution in [3.05, 3.63) is 11.6 Å². The van der Waals surface area contributed by atoms with Gasteiger partial charge in [-0.05, 0) is 85.4 Å². The first-order chi connectivity index (χ1) is 26.4. The Morgan fingerprint density at radius 3 is 2.19 bits per heavy atom. The van der Waals surface area contributed by atoms with Crippen LogP contribution in [-0.2, 0) is 33.3 Å². The van der Waals surface area contributed by atoms with Crippen molar-refractivity contribution in [2.75, 3.05) is 13.2 Å². The number of fused-ring (bicyclic) bond motifs is 7. The molecule has 0 unspecified atom stereocenters. The van der Waals surface area contributed by atoms with E-state index >= 15 is 0 Å². The van der Waals surface area contributed by atoms with Gasteiger partial charge in [0.05, 0.1) is 30.1 Å². The maximum atomic E-state index is 13.2. The van der Waals surface area contributed by atoms with Crippen LogP contribution in [-0.4, -0.2) is 122 Å². The predicted octanol–water partition coefficient (Wildman–Crippen LogP) is 3.11. The van der Waals surface area contributed by atoms with Crippen LogP contribution in [0, 0.1) is 56.2 Å². The number of ether oxygens (including phenoxy) is 4. The van der Waals surface area contributed by atoms with E-state index in [1.807, 2.05) is 27.7 Å². The highest BCUT2D eigenvalue weighted by molar-refractivity contribution is 5.73. The molecule has 7 N–H and O–H groups in total. The van der Waals surface area contributed by atoms with E-state index < -0.39 is 101 Å². The van der Waals surface area contributed by atoms with Gasteiger partial charge in [0.15, 0.2) is 12.4 Å². The molecule has 4 saturated carbocycles. The predicted molar refractivity (Wildman–Crippen MR) is 204 cm³/mol. The Labute approximate surface area is 336 Å². The molecular formula is C43H68O14. The van der Waals surface area contributed by atoms with Crippen molar-refractivity contribution in [1.29, 1.82) is 0 Å². The number of allylic oxidation sites excluding steroid dienone is 2. The molecule has 0 radical (unpaired) electrons. The molecule has 324 valence electrons. The van der Waals surface area contributed by atoms with Crippen LogP contribution in [0.25, 0.3) is 0 Å². The first-order valence-electron chi connectivity index (χ1n) is 21.0. The summed E-state index contributed by atoms with van der Waals surface area (Å²) in [5.74, 6) is -3.21. The summed E-state index contributed by atoms with van der Waals surface area (Å²) < 4.78 is 23.6. The molecule has 1 saturated heterocycles. The number of carbonyl (C=O) groups excluding carboxylic acids is 2. The number of rotatable bonds is 9. The van der Waals surface area contributed by atoms with Gasteiger partial charge in [0.25, 0.3) is 0 Å². The average Bonchev–Trinajstić information content (AvgIpc) is 3.13. The fraction of sp³-hybridized carbons (Fsp3) is 0.884. The van der Waals surface area contributed by atoms with Crippen LogP contribution in [0.1, 0.15) is 114 Å². The van der Waals surface area contributed by atoms with Gasteiger partial charge >= 0.3 is 17.9 Å². The van der Waals surface area contributed by atoms with Crippen LogP contribution in [0.2, 0.25) is 0 Å². The summed E-state index contributed by atoms with van der Waals surface area (Å²) in [6, 6.07) is 0. The third-order valence-corrected chi connectivity index (χ3v) is 17.1. The van der Waals surface area contributed by atoms with Gasteiger partial charge in [-0.25, -0.2) is 4.79 Å². The Balaban J connectivity index is 1.35. The van der Waals surface area contributed by atoms with Crippen LogP contribution in [0.4, 0.5) is 0 Å². The molecule has 0 aromatic rings. The number of hydrogen-bond acceptors (Lipinski definition) is 13. The topological polar surface area (TPSA) is 230 Å². The van der Waals surface area contributed by atoms with Crippen LogP contribution < -0.4 is 0 Å². The summed E-state index contributed by atoms with van der Waals surface area (Å²) in [5, 5.41) is 77.3. The van der Waals surface area contributed by atoms with Crippen molar-refractivity contribution in [3.63, 3.8) is 0 Å². The molecule has 0 amide bonds. The molecule has 0 spiro atoms. The summed E-state index contributed by atoms with van der Waals surface area (Å²) in [6.07, 6.45) is -5.89. The van der Waals surface area contributed by atoms with Gasteiger partial charge < -0.3 is 54.7 Å². The first kappa shape index (κ1) is 44.4. The fourth-order valence-electron chi connectivity index (χ4n) is 13.3. The molecule has 0 aromatic carbocycles. The second-order valence-corrected chi connectivity index (χ2v) is 20.3. The van der Waals surface area contributed by atoms with E-state index in [0.29, 0.717) is 38.5 Å². The number of carboxylic acid groups (broad SMARTS) is 1. The number of aliphatic hydroxyl groups is 6. The lowest BCUT2D eigenvalue weighted by Crippen LogP contribution is -2.72. The van der Waals surface area contributed by atoms with E-state index in [1.54, 1.807) is 6.92 Å². The van der Waals surface area contributed by atoms with Crippen LogP contribution in [0.15, 0.2) is 11.6 Å². The molecule has 14 heteroatoms. The lowest BCUT2D eigenvalue weighted by molar-refractivity contribution is -0.328. The van der Waals surface area contributed by atoms with Gasteiger partial charge in [-0.2, -0.15) is 0 Å². The van der Waals surface area contributed by atoms with E-state index in [2.05, 4.69) is 26.8 Å². The standard InChI is InChI=1S/C43H68O14/c1-10-21(2)36(53)57-34-33(50)43(20-54-22(3)45)24(17-38(34,4)5)23-11-12-26-39(6)15-14-28(55-37-31(49)29(47)30(48)32(56-37)35(51)52)40(7,19-44)25(39)13-16-41(26,8)42(23,9)18-27(43)46/h11,21,24-34,37,44,46-50H,10,12-20H2,1-9H3,(H,51,52)/t21-,24+,25+,26+,27-,28-,29-,30-,31+,32-,33-,34-,37+,39-,40-,41+,42+,43-/m0/s1. The minimum atomic E-state index is -1.85. The van der Waals surface area contributed by atoms with Gasteiger partial charge in [0, 0.05) is 17.8 Å². The molecule has 57 heavy (non-hydrogen) atoms. The van der Waals surface area contributed by atoms with E-state index in [9.17, 15) is 50.1 Å². The van der Waals surface area contributed by atoms with Gasteiger partial charge in [0.1, 0.15) is 37.1 Å². The summed E-state index contributed by atoms with van der Waals surface area (Å²) in [7, 11) is 0. The monoisotopic (exact) mass is 808 g/mol. The second-order valence-electron chi connectivity index (χ2n) is 20.3. The van der Waals surface area contributed by atoms with E-state index in [-0.39, 0.29) is 48.2 Å². The Hall–Kier alpha value is -2.17. The molecular weight excluding hydrogens is 740 g/mol. The van der Waals surface area contributed by atoms with E-state index in [0.717, 1.165) is 12.0 Å². The number of carboxylic acids is 1. The first-order valence-corrected chi connectivity index (χ1v) is 21.0. The SMILES string of the molecule is CC[C@H](C)C(=O)O[C@H]1[C@H](O)[C@@]2(COC(C)=O)[C@H](CC1(C)C)C1=CC[C@@H]3[C@@]4(C)CC[C@H](O[C@@H]5O[C@H](C(=O)O)[C@@H](O)[C@H](O)[C@H]5O)[C@@](C)(CO)[C@@H]4CC[C@@]3(C)[C@]1(C)C[C@@H]2O. The van der Waals surface area contributed by atoms with Crippen LogP contribution >= 0.6 is 0 Å². The Bertz CT molecular complexity index is 1600. The molecule has 6 rings (SSSR count). The number of esters is 2. The summed E-state index contributed by atoms with van der Waals surface area (Å²) in [4.78, 5) is 37.4. The summed E-state index contributed by atoms with van der Waals surface area (Å²) in [5.41, 5.74) is -2.98. The maximum absolute atomic E-state index is 13.2. The van der Waals surface area contributed by atoms with E-state index in [4.69, 9.17) is 18.9 Å². The zero-order valence-corrected chi connectivity index (χ0v) is 35.1. The highest BCUT2D eigenvalue weighted by Crippen LogP contribution is 2.76. The van der Waals surface area contributed by atoms with E-state index in [1.165, 1.54) is 6.92 Å². The van der Waals surface area contributed by atoms with Crippen molar-refractivity contribution in [3.8, 4) is 0 Å². The highest BCUT2D eigenvalue weighted by atomic mass is 16.7.